The van der Waals surface area contributed by atoms with Crippen LogP contribution in [0.5, 0.6) is 0 Å². The highest BCUT2D eigenvalue weighted by molar-refractivity contribution is 5.68. The molecule has 6 nitrogen and oxygen atoms in total. The van der Waals surface area contributed by atoms with Gasteiger partial charge < -0.3 is 10.0 Å². The maximum Gasteiger partial charge on any atom is 0.303 e. The van der Waals surface area contributed by atoms with Crippen LogP contribution >= 0.6 is 0 Å². The van der Waals surface area contributed by atoms with E-state index in [1.807, 2.05) is 0 Å². The Balaban J connectivity index is 2.24. The first kappa shape index (κ1) is 14.2. The smallest absolute Gasteiger partial charge is 0.303 e. The van der Waals surface area contributed by atoms with Crippen molar-refractivity contribution in [1.82, 2.24) is 0 Å². The van der Waals surface area contributed by atoms with E-state index in [0.717, 1.165) is 31.0 Å². The van der Waals surface area contributed by atoms with Crippen LogP contribution in [0.15, 0.2) is 18.2 Å². The minimum Gasteiger partial charge on any atom is -0.481 e. The van der Waals surface area contributed by atoms with E-state index >= 15 is 0 Å². The molecule has 7 heteroatoms. The molecule has 0 amide bonds. The molecule has 2 rings (SSSR count). The number of nitrogens with zero attached hydrogens (tertiary/aromatic N) is 2. The summed E-state index contributed by atoms with van der Waals surface area (Å²) >= 11 is 0. The van der Waals surface area contributed by atoms with Gasteiger partial charge in [0.2, 0.25) is 0 Å². The topological polar surface area (TPSA) is 83.7 Å². The van der Waals surface area contributed by atoms with E-state index in [2.05, 4.69) is 0 Å². The van der Waals surface area contributed by atoms with Crippen LogP contribution in [-0.2, 0) is 4.79 Å². The summed E-state index contributed by atoms with van der Waals surface area (Å²) in [4.78, 5) is 22.9. The zero-order valence-electron chi connectivity index (χ0n) is 10.8. The number of benzene rings is 1. The first-order valence-corrected chi connectivity index (χ1v) is 6.38. The first-order valence-electron chi connectivity index (χ1n) is 6.38. The third kappa shape index (κ3) is 3.23. The molecule has 0 aromatic heterocycles. The van der Waals surface area contributed by atoms with E-state index in [0.29, 0.717) is 13.1 Å². The Morgan fingerprint density at radius 3 is 2.95 bits per heavy atom. The number of nitro groups is 1. The van der Waals surface area contributed by atoms with Crippen LogP contribution in [0.25, 0.3) is 0 Å². The molecule has 0 saturated carbocycles. The van der Waals surface area contributed by atoms with E-state index in [4.69, 9.17) is 5.11 Å². The van der Waals surface area contributed by atoms with Crippen LogP contribution in [0.1, 0.15) is 19.3 Å². The molecule has 108 valence electrons. The van der Waals surface area contributed by atoms with Crippen LogP contribution in [0.4, 0.5) is 15.8 Å². The Kier molecular flexibility index (Phi) is 4.16. The highest BCUT2D eigenvalue weighted by Crippen LogP contribution is 2.32. The Bertz CT molecular complexity index is 535. The molecular weight excluding hydrogens is 267 g/mol. The molecule has 1 unspecified atom stereocenters. The average Bonchev–Trinajstić information content (AvgIpc) is 2.37. The molecule has 1 aromatic rings. The van der Waals surface area contributed by atoms with E-state index in [1.54, 1.807) is 4.90 Å². The zero-order chi connectivity index (χ0) is 14.7. The second-order valence-electron chi connectivity index (χ2n) is 4.94. The number of nitro benzene ring substituents is 1. The van der Waals surface area contributed by atoms with Gasteiger partial charge in [-0.25, -0.2) is 4.39 Å². The van der Waals surface area contributed by atoms with Crippen molar-refractivity contribution in [2.45, 2.75) is 19.3 Å². The van der Waals surface area contributed by atoms with Gasteiger partial charge in [-0.15, -0.1) is 0 Å². The lowest BCUT2D eigenvalue weighted by Crippen LogP contribution is -2.36. The Labute approximate surface area is 115 Å². The summed E-state index contributed by atoms with van der Waals surface area (Å²) in [5, 5.41) is 19.8. The number of anilines is 1. The Morgan fingerprint density at radius 1 is 1.55 bits per heavy atom. The number of rotatable bonds is 4. The third-order valence-electron chi connectivity index (χ3n) is 3.46. The quantitative estimate of drug-likeness (QED) is 0.677. The molecule has 1 aliphatic rings. The molecule has 1 atom stereocenters. The molecule has 1 aliphatic heterocycles. The molecule has 1 fully saturated rings. The molecular formula is C13H15FN2O4. The van der Waals surface area contributed by atoms with Gasteiger partial charge in [0.25, 0.3) is 5.69 Å². The van der Waals surface area contributed by atoms with Gasteiger partial charge in [0.15, 0.2) is 0 Å². The van der Waals surface area contributed by atoms with Crippen molar-refractivity contribution in [2.24, 2.45) is 5.92 Å². The van der Waals surface area contributed by atoms with E-state index in [1.165, 1.54) is 0 Å². The van der Waals surface area contributed by atoms with Crippen molar-refractivity contribution in [3.8, 4) is 0 Å². The number of halogens is 1. The van der Waals surface area contributed by atoms with Gasteiger partial charge in [-0.2, -0.15) is 0 Å². The molecule has 20 heavy (non-hydrogen) atoms. The zero-order valence-corrected chi connectivity index (χ0v) is 10.8. The fraction of sp³-hybridized carbons (Fsp3) is 0.462. The summed E-state index contributed by atoms with van der Waals surface area (Å²) in [6.45, 7) is 0.969. The number of hydrogen-bond donors (Lipinski definition) is 1. The summed E-state index contributed by atoms with van der Waals surface area (Å²) in [7, 11) is 0. The fourth-order valence-corrected chi connectivity index (χ4v) is 2.60. The van der Waals surface area contributed by atoms with E-state index in [9.17, 15) is 19.3 Å². The van der Waals surface area contributed by atoms with Crippen molar-refractivity contribution in [2.75, 3.05) is 18.0 Å². The standard InChI is InChI=1S/C13H15FN2O4/c14-10-3-4-11(16(19)20)12(7-10)15-5-1-2-9(8-15)6-13(17)18/h3-4,7,9H,1-2,5-6,8H2,(H,17,18). The number of carboxylic acids is 1. The predicted molar refractivity (Wildman–Crippen MR) is 70.2 cm³/mol. The van der Waals surface area contributed by atoms with Crippen molar-refractivity contribution in [3.05, 3.63) is 34.1 Å². The highest BCUT2D eigenvalue weighted by atomic mass is 19.1. The average molecular weight is 282 g/mol. The molecule has 1 saturated heterocycles. The lowest BCUT2D eigenvalue weighted by molar-refractivity contribution is -0.384. The van der Waals surface area contributed by atoms with E-state index in [-0.39, 0.29) is 23.7 Å². The highest BCUT2D eigenvalue weighted by Gasteiger charge is 2.27. The number of piperidine rings is 1. The van der Waals surface area contributed by atoms with Gasteiger partial charge in [0, 0.05) is 31.6 Å². The Hall–Kier alpha value is -2.18. The number of hydrogen-bond acceptors (Lipinski definition) is 4. The van der Waals surface area contributed by atoms with Crippen LogP contribution in [0.2, 0.25) is 0 Å². The lowest BCUT2D eigenvalue weighted by atomic mass is 9.94. The molecule has 1 heterocycles. The lowest BCUT2D eigenvalue weighted by Gasteiger charge is -2.33. The van der Waals surface area contributed by atoms with Crippen LogP contribution in [0.3, 0.4) is 0 Å². The molecule has 0 spiro atoms. The minimum absolute atomic E-state index is 0.0274. The summed E-state index contributed by atoms with van der Waals surface area (Å²) in [5.41, 5.74) is 0.0764. The Morgan fingerprint density at radius 2 is 2.30 bits per heavy atom. The maximum absolute atomic E-state index is 13.3. The second-order valence-corrected chi connectivity index (χ2v) is 4.94. The SMILES string of the molecule is O=C(O)CC1CCCN(c2cc(F)ccc2[N+](=O)[O-])C1. The van der Waals surface area contributed by atoms with Crippen molar-refractivity contribution in [3.63, 3.8) is 0 Å². The third-order valence-corrected chi connectivity index (χ3v) is 3.46. The van der Waals surface area contributed by atoms with Gasteiger partial charge >= 0.3 is 5.97 Å². The predicted octanol–water partition coefficient (Wildman–Crippen LogP) is 2.43. The summed E-state index contributed by atoms with van der Waals surface area (Å²) in [6, 6.07) is 3.34. The summed E-state index contributed by atoms with van der Waals surface area (Å²) in [6.07, 6.45) is 1.54. The number of aliphatic carboxylic acids is 1. The molecule has 0 aliphatic carbocycles. The second kappa shape index (κ2) is 5.85. The maximum atomic E-state index is 13.3. The van der Waals surface area contributed by atoms with E-state index < -0.39 is 16.7 Å². The number of carboxylic acid groups (broad SMARTS) is 1. The van der Waals surface area contributed by atoms with Crippen LogP contribution in [0, 0.1) is 21.8 Å². The van der Waals surface area contributed by atoms with Crippen molar-refractivity contribution >= 4 is 17.3 Å². The summed E-state index contributed by atoms with van der Waals surface area (Å²) < 4.78 is 13.3. The minimum atomic E-state index is -0.884. The van der Waals surface area contributed by atoms with Crippen LogP contribution < -0.4 is 4.90 Å². The molecule has 1 N–H and O–H groups in total. The molecule has 0 radical (unpaired) electrons. The fourth-order valence-electron chi connectivity index (χ4n) is 2.60. The largest absolute Gasteiger partial charge is 0.481 e. The normalized spacial score (nSPS) is 18.9. The molecule has 1 aromatic carbocycles. The van der Waals surface area contributed by atoms with Gasteiger partial charge in [-0.05, 0) is 24.8 Å². The molecule has 0 bridgehead atoms. The van der Waals surface area contributed by atoms with Gasteiger partial charge in [-0.1, -0.05) is 0 Å². The first-order chi connectivity index (χ1) is 9.47. The van der Waals surface area contributed by atoms with Crippen molar-refractivity contribution in [1.29, 1.82) is 0 Å². The monoisotopic (exact) mass is 282 g/mol. The van der Waals surface area contributed by atoms with Gasteiger partial charge in [-0.3, -0.25) is 14.9 Å². The van der Waals surface area contributed by atoms with Gasteiger partial charge in [0.1, 0.15) is 11.5 Å². The van der Waals surface area contributed by atoms with Gasteiger partial charge in [0.05, 0.1) is 4.92 Å². The van der Waals surface area contributed by atoms with Crippen molar-refractivity contribution < 1.29 is 19.2 Å². The summed E-state index contributed by atoms with van der Waals surface area (Å²) in [5.74, 6) is -1.49. The van der Waals surface area contributed by atoms with Crippen LogP contribution in [-0.4, -0.2) is 29.1 Å². The number of carbonyl (C=O) groups is 1.